The Morgan fingerprint density at radius 1 is 1.27 bits per heavy atom. The van der Waals surface area contributed by atoms with Crippen molar-refractivity contribution in [3.05, 3.63) is 53.9 Å². The van der Waals surface area contributed by atoms with E-state index in [9.17, 15) is 4.79 Å². The van der Waals surface area contributed by atoms with E-state index >= 15 is 0 Å². The zero-order chi connectivity index (χ0) is 18.7. The molecule has 5 heteroatoms. The van der Waals surface area contributed by atoms with E-state index in [0.29, 0.717) is 13.1 Å². The van der Waals surface area contributed by atoms with Gasteiger partial charge >= 0.3 is 0 Å². The number of nitrogens with one attached hydrogen (secondary N) is 2. The van der Waals surface area contributed by atoms with E-state index in [2.05, 4.69) is 22.4 Å². The van der Waals surface area contributed by atoms with E-state index in [1.807, 2.05) is 49.9 Å². The number of nitrogens with zero attached hydrogens (tertiary/aromatic N) is 2. The van der Waals surface area contributed by atoms with Crippen LogP contribution in [0, 0.1) is 11.3 Å². The van der Waals surface area contributed by atoms with Gasteiger partial charge in [0.25, 0.3) is 0 Å². The molecular weight excluding hydrogens is 324 g/mol. The van der Waals surface area contributed by atoms with Crippen molar-refractivity contribution in [1.29, 1.82) is 5.41 Å². The maximum Gasteiger partial charge on any atom is 0.238 e. The third-order valence-electron chi connectivity index (χ3n) is 4.93. The third-order valence-corrected chi connectivity index (χ3v) is 4.93. The Bertz CT molecular complexity index is 801. The lowest BCUT2D eigenvalue weighted by molar-refractivity contribution is -0.122. The van der Waals surface area contributed by atoms with E-state index in [1.54, 1.807) is 6.20 Å². The van der Waals surface area contributed by atoms with Crippen molar-refractivity contribution < 1.29 is 4.79 Å². The van der Waals surface area contributed by atoms with E-state index < -0.39 is 5.41 Å². The highest BCUT2D eigenvalue weighted by atomic mass is 16.2. The van der Waals surface area contributed by atoms with E-state index in [4.69, 9.17) is 5.41 Å². The van der Waals surface area contributed by atoms with Crippen molar-refractivity contribution in [2.24, 2.45) is 5.92 Å². The molecule has 1 aliphatic heterocycles. The van der Waals surface area contributed by atoms with Crippen LogP contribution in [-0.4, -0.2) is 30.2 Å². The van der Waals surface area contributed by atoms with Gasteiger partial charge in [0.1, 0.15) is 0 Å². The summed E-state index contributed by atoms with van der Waals surface area (Å²) < 4.78 is 0. The Morgan fingerprint density at radius 2 is 2.00 bits per heavy atom. The van der Waals surface area contributed by atoms with Gasteiger partial charge in [0.2, 0.25) is 5.91 Å². The number of aromatic nitrogens is 1. The number of rotatable bonds is 7. The summed E-state index contributed by atoms with van der Waals surface area (Å²) in [7, 11) is 0. The van der Waals surface area contributed by atoms with Crippen LogP contribution in [0.5, 0.6) is 0 Å². The first-order chi connectivity index (χ1) is 12.4. The summed E-state index contributed by atoms with van der Waals surface area (Å²) >= 11 is 0. The molecule has 0 fully saturated rings. The Kier molecular flexibility index (Phi) is 5.07. The van der Waals surface area contributed by atoms with Crippen LogP contribution in [0.2, 0.25) is 0 Å². The van der Waals surface area contributed by atoms with Crippen LogP contribution in [0.1, 0.15) is 32.0 Å². The van der Waals surface area contributed by atoms with Crippen molar-refractivity contribution in [3.63, 3.8) is 0 Å². The molecule has 0 radical (unpaired) electrons. The number of carbonyl (C=O) groups excluding carboxylic acids is 1. The summed E-state index contributed by atoms with van der Waals surface area (Å²) in [6.07, 6.45) is 3.98. The molecule has 2 heterocycles. The molecule has 1 aliphatic rings. The number of hydrogen-bond acceptors (Lipinski definition) is 4. The summed E-state index contributed by atoms with van der Waals surface area (Å²) in [5.41, 5.74) is 3.20. The Morgan fingerprint density at radius 3 is 2.69 bits per heavy atom. The van der Waals surface area contributed by atoms with Gasteiger partial charge in [-0.1, -0.05) is 37.3 Å². The average Bonchev–Trinajstić information content (AvgIpc) is 2.86. The van der Waals surface area contributed by atoms with Gasteiger partial charge in [-0.05, 0) is 38.1 Å². The van der Waals surface area contributed by atoms with Crippen molar-refractivity contribution >= 4 is 23.5 Å². The summed E-state index contributed by atoms with van der Waals surface area (Å²) in [6, 6.07) is 12.1. The standard InChI is InChI=1S/C21H26N4O/c1-15(13-22)14-24-17-9-11-23-19-18(17)25(20(26)21(19,2)3)12-10-16-7-5-4-6-8-16/h4-9,11,13,15,22H,10,12,14H2,1-3H3,(H,23,24). The largest absolute Gasteiger partial charge is 0.383 e. The summed E-state index contributed by atoms with van der Waals surface area (Å²) in [5, 5.41) is 10.8. The molecule has 0 saturated carbocycles. The number of benzene rings is 1. The highest BCUT2D eigenvalue weighted by Gasteiger charge is 2.46. The second kappa shape index (κ2) is 7.28. The lowest BCUT2D eigenvalue weighted by atomic mass is 9.90. The monoisotopic (exact) mass is 350 g/mol. The molecule has 1 aromatic heterocycles. The number of amides is 1. The SMILES string of the molecule is CC(C=N)CNc1ccnc2c1N(CCc1ccccc1)C(=O)C2(C)C. The molecule has 0 spiro atoms. The fourth-order valence-electron chi connectivity index (χ4n) is 3.30. The Labute approximate surface area is 155 Å². The maximum absolute atomic E-state index is 13.1. The van der Waals surface area contributed by atoms with Crippen LogP contribution in [0.4, 0.5) is 11.4 Å². The van der Waals surface area contributed by atoms with E-state index in [0.717, 1.165) is 23.5 Å². The lowest BCUT2D eigenvalue weighted by Gasteiger charge is -2.22. The highest BCUT2D eigenvalue weighted by Crippen LogP contribution is 2.44. The smallest absolute Gasteiger partial charge is 0.238 e. The summed E-state index contributed by atoms with van der Waals surface area (Å²) in [6.45, 7) is 7.14. The molecule has 0 aliphatic carbocycles. The average molecular weight is 350 g/mol. The molecule has 1 atom stereocenters. The quantitative estimate of drug-likeness (QED) is 0.749. The predicted molar refractivity (Wildman–Crippen MR) is 106 cm³/mol. The molecule has 1 aromatic carbocycles. The van der Waals surface area contributed by atoms with Crippen LogP contribution < -0.4 is 10.2 Å². The fraction of sp³-hybridized carbons (Fsp3) is 0.381. The molecule has 0 saturated heterocycles. The predicted octanol–water partition coefficient (Wildman–Crippen LogP) is 3.65. The van der Waals surface area contributed by atoms with Gasteiger partial charge < -0.3 is 15.6 Å². The molecule has 2 aromatic rings. The van der Waals surface area contributed by atoms with Crippen LogP contribution in [0.15, 0.2) is 42.6 Å². The first-order valence-electron chi connectivity index (χ1n) is 9.05. The molecule has 136 valence electrons. The number of hydrogen-bond donors (Lipinski definition) is 2. The molecule has 26 heavy (non-hydrogen) atoms. The van der Waals surface area contributed by atoms with E-state index in [1.165, 1.54) is 11.8 Å². The van der Waals surface area contributed by atoms with Crippen molar-refractivity contribution in [2.45, 2.75) is 32.6 Å². The Balaban J connectivity index is 1.90. The molecule has 1 amide bonds. The molecule has 2 N–H and O–H groups in total. The van der Waals surface area contributed by atoms with Crippen molar-refractivity contribution in [3.8, 4) is 0 Å². The normalized spacial score (nSPS) is 16.3. The number of fused-ring (bicyclic) bond motifs is 1. The topological polar surface area (TPSA) is 69.1 Å². The van der Waals surface area contributed by atoms with Gasteiger partial charge in [-0.2, -0.15) is 0 Å². The minimum atomic E-state index is -0.628. The van der Waals surface area contributed by atoms with Crippen LogP contribution >= 0.6 is 0 Å². The van der Waals surface area contributed by atoms with Crippen molar-refractivity contribution in [1.82, 2.24) is 4.98 Å². The second-order valence-corrected chi connectivity index (χ2v) is 7.40. The van der Waals surface area contributed by atoms with Gasteiger partial charge in [0.05, 0.1) is 22.5 Å². The summed E-state index contributed by atoms with van der Waals surface area (Å²) in [5.74, 6) is 0.215. The number of carbonyl (C=O) groups is 1. The molecule has 0 bridgehead atoms. The van der Waals surface area contributed by atoms with Gasteiger partial charge in [0, 0.05) is 25.2 Å². The molecular formula is C21H26N4O. The first kappa shape index (κ1) is 18.1. The zero-order valence-corrected chi connectivity index (χ0v) is 15.6. The lowest BCUT2D eigenvalue weighted by Crippen LogP contribution is -2.37. The molecule has 1 unspecified atom stereocenters. The number of pyridine rings is 1. The van der Waals surface area contributed by atoms with Gasteiger partial charge in [0.15, 0.2) is 0 Å². The minimum absolute atomic E-state index is 0.0882. The second-order valence-electron chi connectivity index (χ2n) is 7.40. The Hall–Kier alpha value is -2.69. The van der Waals surface area contributed by atoms with Gasteiger partial charge in [-0.25, -0.2) is 0 Å². The number of anilines is 2. The molecule has 5 nitrogen and oxygen atoms in total. The van der Waals surface area contributed by atoms with Crippen molar-refractivity contribution in [2.75, 3.05) is 23.3 Å². The maximum atomic E-state index is 13.1. The van der Waals surface area contributed by atoms with Crippen LogP contribution in [0.25, 0.3) is 0 Å². The minimum Gasteiger partial charge on any atom is -0.383 e. The van der Waals surface area contributed by atoms with Crippen LogP contribution in [0.3, 0.4) is 0 Å². The van der Waals surface area contributed by atoms with Gasteiger partial charge in [-0.15, -0.1) is 0 Å². The van der Waals surface area contributed by atoms with E-state index in [-0.39, 0.29) is 11.8 Å². The fourth-order valence-corrected chi connectivity index (χ4v) is 3.30. The highest BCUT2D eigenvalue weighted by molar-refractivity contribution is 6.09. The van der Waals surface area contributed by atoms with Gasteiger partial charge in [-0.3, -0.25) is 9.78 Å². The summed E-state index contributed by atoms with van der Waals surface area (Å²) in [4.78, 5) is 19.5. The first-order valence-corrected chi connectivity index (χ1v) is 9.05. The molecule has 3 rings (SSSR count). The third kappa shape index (κ3) is 3.34. The zero-order valence-electron chi connectivity index (χ0n) is 15.6. The van der Waals surface area contributed by atoms with Crippen LogP contribution in [-0.2, 0) is 16.6 Å².